The van der Waals surface area contributed by atoms with Gasteiger partial charge in [0.25, 0.3) is 5.91 Å². The highest BCUT2D eigenvalue weighted by atomic mass is 35.5. The largest absolute Gasteiger partial charge is 0.347 e. The number of hydrogen-bond acceptors (Lipinski definition) is 5. The Morgan fingerprint density at radius 1 is 1.00 bits per heavy atom. The lowest BCUT2D eigenvalue weighted by Gasteiger charge is -2.08. The first-order valence-corrected chi connectivity index (χ1v) is 8.63. The monoisotopic (exact) mass is 380 g/mol. The van der Waals surface area contributed by atoms with E-state index in [4.69, 9.17) is 11.6 Å². The Balaban J connectivity index is 1.64. The van der Waals surface area contributed by atoms with Gasteiger partial charge in [0, 0.05) is 29.0 Å². The highest BCUT2D eigenvalue weighted by molar-refractivity contribution is 6.30. The molecular weight excluding hydrogens is 364 g/mol. The van der Waals surface area contributed by atoms with Crippen molar-refractivity contribution >= 4 is 34.9 Å². The van der Waals surface area contributed by atoms with Gasteiger partial charge in [-0.1, -0.05) is 23.7 Å². The van der Waals surface area contributed by atoms with Crippen LogP contribution in [-0.2, 0) is 6.54 Å². The summed E-state index contributed by atoms with van der Waals surface area (Å²) in [5.74, 6) is -0.01000. The predicted octanol–water partition coefficient (Wildman–Crippen LogP) is 4.01. The molecule has 1 heterocycles. The average Bonchev–Trinajstić information content (AvgIpc) is 2.68. The van der Waals surface area contributed by atoms with Crippen LogP contribution in [0.25, 0.3) is 0 Å². The summed E-state index contributed by atoms with van der Waals surface area (Å²) >= 11 is 5.85. The molecule has 0 aliphatic rings. The third kappa shape index (κ3) is 5.12. The van der Waals surface area contributed by atoms with E-state index in [1.165, 1.54) is 13.1 Å². The van der Waals surface area contributed by atoms with Crippen LogP contribution < -0.4 is 10.6 Å². The number of benzene rings is 2. The number of anilines is 2. The molecule has 3 rings (SSSR count). The summed E-state index contributed by atoms with van der Waals surface area (Å²) in [6, 6.07) is 15.7. The molecule has 0 saturated carbocycles. The Morgan fingerprint density at radius 2 is 1.70 bits per heavy atom. The lowest BCUT2D eigenvalue weighted by Crippen LogP contribution is -2.24. The van der Waals surface area contributed by atoms with Crippen LogP contribution in [0.3, 0.4) is 0 Å². The SMILES string of the molecule is CC(=O)c1ccc(Nc2nccc(C(=O)NCc3ccc(Cl)cc3)n2)cc1. The first-order chi connectivity index (χ1) is 13.0. The second-order valence-corrected chi connectivity index (χ2v) is 6.27. The fourth-order valence-electron chi connectivity index (χ4n) is 2.34. The summed E-state index contributed by atoms with van der Waals surface area (Å²) in [4.78, 5) is 32.0. The highest BCUT2D eigenvalue weighted by Crippen LogP contribution is 2.14. The Bertz CT molecular complexity index is 956. The van der Waals surface area contributed by atoms with Crippen molar-refractivity contribution in [1.29, 1.82) is 0 Å². The third-order valence-corrected chi connectivity index (χ3v) is 4.05. The molecule has 0 spiro atoms. The molecule has 0 saturated heterocycles. The van der Waals surface area contributed by atoms with E-state index in [2.05, 4.69) is 20.6 Å². The number of halogens is 1. The highest BCUT2D eigenvalue weighted by Gasteiger charge is 2.09. The standard InChI is InChI=1S/C20H17ClN4O2/c1-13(26)15-4-8-17(9-5-15)24-20-22-11-10-18(25-20)19(27)23-12-14-2-6-16(21)7-3-14/h2-11H,12H2,1H3,(H,23,27)(H,22,24,25). The Morgan fingerprint density at radius 3 is 2.37 bits per heavy atom. The molecule has 136 valence electrons. The fraction of sp³-hybridized carbons (Fsp3) is 0.100. The van der Waals surface area contributed by atoms with E-state index in [0.717, 1.165) is 11.3 Å². The van der Waals surface area contributed by atoms with Crippen molar-refractivity contribution in [3.8, 4) is 0 Å². The zero-order chi connectivity index (χ0) is 19.2. The van der Waals surface area contributed by atoms with Crippen molar-refractivity contribution in [2.45, 2.75) is 13.5 Å². The van der Waals surface area contributed by atoms with Crippen LogP contribution in [0.1, 0.15) is 33.3 Å². The number of rotatable bonds is 6. The Hall–Kier alpha value is -3.25. The molecule has 0 fully saturated rings. The zero-order valence-corrected chi connectivity index (χ0v) is 15.3. The molecule has 1 amide bonds. The summed E-state index contributed by atoms with van der Waals surface area (Å²) < 4.78 is 0. The van der Waals surface area contributed by atoms with Crippen molar-refractivity contribution in [3.63, 3.8) is 0 Å². The number of hydrogen-bond donors (Lipinski definition) is 2. The van der Waals surface area contributed by atoms with Gasteiger partial charge in [0.15, 0.2) is 5.78 Å². The molecule has 0 atom stereocenters. The van der Waals surface area contributed by atoms with Crippen molar-refractivity contribution < 1.29 is 9.59 Å². The van der Waals surface area contributed by atoms with Crippen molar-refractivity contribution in [1.82, 2.24) is 15.3 Å². The molecule has 6 nitrogen and oxygen atoms in total. The van der Waals surface area contributed by atoms with Gasteiger partial charge in [0.1, 0.15) is 5.69 Å². The van der Waals surface area contributed by atoms with Gasteiger partial charge in [0.05, 0.1) is 0 Å². The van der Waals surface area contributed by atoms with Crippen LogP contribution in [0.4, 0.5) is 11.6 Å². The van der Waals surface area contributed by atoms with E-state index in [1.807, 2.05) is 12.1 Å². The molecule has 2 N–H and O–H groups in total. The van der Waals surface area contributed by atoms with Gasteiger partial charge in [-0.05, 0) is 55.0 Å². The number of carbonyl (C=O) groups excluding carboxylic acids is 2. The van der Waals surface area contributed by atoms with Gasteiger partial charge in [-0.2, -0.15) is 0 Å². The summed E-state index contributed by atoms with van der Waals surface area (Å²) in [5, 5.41) is 6.47. The van der Waals surface area contributed by atoms with Crippen molar-refractivity contribution in [2.75, 3.05) is 5.32 Å². The Labute approximate surface area is 161 Å². The lowest BCUT2D eigenvalue weighted by molar-refractivity contribution is 0.0945. The van der Waals surface area contributed by atoms with Gasteiger partial charge in [0.2, 0.25) is 5.95 Å². The average molecular weight is 381 g/mol. The molecule has 0 aliphatic carbocycles. The van der Waals surface area contributed by atoms with E-state index in [9.17, 15) is 9.59 Å². The van der Waals surface area contributed by atoms with E-state index in [0.29, 0.717) is 23.1 Å². The minimum absolute atomic E-state index is 0.00263. The second kappa shape index (κ2) is 8.42. The molecule has 2 aromatic carbocycles. The topological polar surface area (TPSA) is 84.0 Å². The summed E-state index contributed by atoms with van der Waals surface area (Å²) in [6.07, 6.45) is 1.51. The van der Waals surface area contributed by atoms with Crippen LogP contribution in [0.5, 0.6) is 0 Å². The molecule has 3 aromatic rings. The Kier molecular flexibility index (Phi) is 5.78. The zero-order valence-electron chi connectivity index (χ0n) is 14.6. The van der Waals surface area contributed by atoms with Gasteiger partial charge >= 0.3 is 0 Å². The number of nitrogens with one attached hydrogen (secondary N) is 2. The van der Waals surface area contributed by atoms with Crippen LogP contribution in [-0.4, -0.2) is 21.7 Å². The number of aromatic nitrogens is 2. The van der Waals surface area contributed by atoms with E-state index in [1.54, 1.807) is 42.5 Å². The quantitative estimate of drug-likeness (QED) is 0.631. The summed E-state index contributed by atoms with van der Waals surface area (Å²) in [7, 11) is 0. The first kappa shape index (κ1) is 18.5. The number of carbonyl (C=O) groups is 2. The van der Waals surface area contributed by atoms with E-state index < -0.39 is 0 Å². The molecular formula is C20H17ClN4O2. The van der Waals surface area contributed by atoms with Crippen molar-refractivity contribution in [2.24, 2.45) is 0 Å². The molecule has 0 bridgehead atoms. The summed E-state index contributed by atoms with van der Waals surface area (Å²) in [5.41, 5.74) is 2.53. The molecule has 7 heteroatoms. The molecule has 0 unspecified atom stereocenters. The molecule has 27 heavy (non-hydrogen) atoms. The van der Waals surface area contributed by atoms with E-state index in [-0.39, 0.29) is 17.4 Å². The van der Waals surface area contributed by atoms with Crippen LogP contribution in [0.2, 0.25) is 5.02 Å². The fourth-order valence-corrected chi connectivity index (χ4v) is 2.46. The summed E-state index contributed by atoms with van der Waals surface area (Å²) in [6.45, 7) is 1.88. The lowest BCUT2D eigenvalue weighted by atomic mass is 10.1. The number of Topliss-reactive ketones (excluding diaryl/α,β-unsaturated/α-hetero) is 1. The van der Waals surface area contributed by atoms with E-state index >= 15 is 0 Å². The maximum atomic E-state index is 12.3. The van der Waals surface area contributed by atoms with Crippen LogP contribution >= 0.6 is 11.6 Å². The first-order valence-electron chi connectivity index (χ1n) is 8.25. The minimum atomic E-state index is -0.303. The maximum Gasteiger partial charge on any atom is 0.270 e. The minimum Gasteiger partial charge on any atom is -0.347 e. The van der Waals surface area contributed by atoms with Crippen LogP contribution in [0.15, 0.2) is 60.8 Å². The van der Waals surface area contributed by atoms with Gasteiger partial charge in [-0.15, -0.1) is 0 Å². The normalized spacial score (nSPS) is 10.3. The number of amides is 1. The van der Waals surface area contributed by atoms with Gasteiger partial charge in [-0.3, -0.25) is 9.59 Å². The number of nitrogens with zero attached hydrogens (tertiary/aromatic N) is 2. The third-order valence-electron chi connectivity index (χ3n) is 3.80. The molecule has 0 aliphatic heterocycles. The van der Waals surface area contributed by atoms with Gasteiger partial charge < -0.3 is 10.6 Å². The van der Waals surface area contributed by atoms with Crippen LogP contribution in [0, 0.1) is 0 Å². The number of ketones is 1. The van der Waals surface area contributed by atoms with Crippen molar-refractivity contribution in [3.05, 3.63) is 82.6 Å². The smallest absolute Gasteiger partial charge is 0.270 e. The second-order valence-electron chi connectivity index (χ2n) is 5.83. The molecule has 1 aromatic heterocycles. The maximum absolute atomic E-state index is 12.3. The molecule has 0 radical (unpaired) electrons. The van der Waals surface area contributed by atoms with Gasteiger partial charge in [-0.25, -0.2) is 9.97 Å². The predicted molar refractivity (Wildman–Crippen MR) is 104 cm³/mol.